The molecule has 0 spiro atoms. The van der Waals surface area contributed by atoms with Crippen molar-refractivity contribution in [2.75, 3.05) is 13.1 Å². The van der Waals surface area contributed by atoms with Gasteiger partial charge in [-0.1, -0.05) is 60.7 Å². The van der Waals surface area contributed by atoms with Crippen LogP contribution in [-0.4, -0.2) is 19.2 Å². The number of rotatable bonds is 4. The van der Waals surface area contributed by atoms with Gasteiger partial charge < -0.3 is 10.1 Å². The van der Waals surface area contributed by atoms with Crippen LogP contribution in [0.4, 0.5) is 0 Å². The molecule has 98 valence electrons. The van der Waals surface area contributed by atoms with Gasteiger partial charge in [0.1, 0.15) is 6.10 Å². The van der Waals surface area contributed by atoms with Gasteiger partial charge in [0.25, 0.3) is 0 Å². The maximum atomic E-state index is 6.32. The zero-order valence-corrected chi connectivity index (χ0v) is 11.0. The first-order valence-electron chi connectivity index (χ1n) is 6.89. The van der Waals surface area contributed by atoms with E-state index in [4.69, 9.17) is 4.74 Å². The molecule has 1 saturated heterocycles. The van der Waals surface area contributed by atoms with Crippen molar-refractivity contribution in [2.45, 2.75) is 18.6 Å². The van der Waals surface area contributed by atoms with Crippen molar-refractivity contribution in [3.63, 3.8) is 0 Å². The zero-order valence-electron chi connectivity index (χ0n) is 11.0. The minimum atomic E-state index is 0.0345. The monoisotopic (exact) mass is 253 g/mol. The summed E-state index contributed by atoms with van der Waals surface area (Å²) in [5.74, 6) is 0. The first kappa shape index (κ1) is 12.4. The summed E-state index contributed by atoms with van der Waals surface area (Å²) in [5.41, 5.74) is 2.45. The second kappa shape index (κ2) is 6.00. The van der Waals surface area contributed by atoms with Gasteiger partial charge in [0.15, 0.2) is 0 Å². The molecule has 0 bridgehead atoms. The van der Waals surface area contributed by atoms with Crippen LogP contribution >= 0.6 is 0 Å². The third-order valence-electron chi connectivity index (χ3n) is 3.55. The highest BCUT2D eigenvalue weighted by molar-refractivity contribution is 5.30. The fourth-order valence-corrected chi connectivity index (χ4v) is 2.54. The van der Waals surface area contributed by atoms with E-state index in [1.54, 1.807) is 0 Å². The van der Waals surface area contributed by atoms with Gasteiger partial charge in [0.05, 0.1) is 6.10 Å². The van der Waals surface area contributed by atoms with Gasteiger partial charge in [0, 0.05) is 6.54 Å². The van der Waals surface area contributed by atoms with E-state index in [1.807, 2.05) is 12.1 Å². The highest BCUT2D eigenvalue weighted by Crippen LogP contribution is 2.28. The Hall–Kier alpha value is -1.64. The molecule has 2 heteroatoms. The largest absolute Gasteiger partial charge is 0.364 e. The smallest absolute Gasteiger partial charge is 0.108 e. The van der Waals surface area contributed by atoms with Crippen LogP contribution in [0.15, 0.2) is 60.7 Å². The molecule has 1 atom stereocenters. The lowest BCUT2D eigenvalue weighted by atomic mass is 10.0. The van der Waals surface area contributed by atoms with E-state index in [1.165, 1.54) is 11.1 Å². The van der Waals surface area contributed by atoms with E-state index in [9.17, 15) is 0 Å². The van der Waals surface area contributed by atoms with Gasteiger partial charge in [-0.3, -0.25) is 0 Å². The lowest BCUT2D eigenvalue weighted by molar-refractivity contribution is 0.0204. The van der Waals surface area contributed by atoms with Crippen LogP contribution in [0, 0.1) is 0 Å². The lowest BCUT2D eigenvalue weighted by Gasteiger charge is -2.22. The average Bonchev–Trinajstić information content (AvgIpc) is 3.00. The van der Waals surface area contributed by atoms with Gasteiger partial charge in [0.2, 0.25) is 0 Å². The summed E-state index contributed by atoms with van der Waals surface area (Å²) in [7, 11) is 0. The maximum absolute atomic E-state index is 6.32. The van der Waals surface area contributed by atoms with Gasteiger partial charge in [-0.25, -0.2) is 0 Å². The Bertz CT molecular complexity index is 452. The maximum Gasteiger partial charge on any atom is 0.108 e. The number of hydrogen-bond donors (Lipinski definition) is 1. The standard InChI is InChI=1S/C17H19NO/c1-3-7-14(8-4-1)17(15-9-5-2-6-10-15)19-16-11-12-18-13-16/h1-10,16-18H,11-13H2. The Balaban J connectivity index is 1.87. The third-order valence-corrected chi connectivity index (χ3v) is 3.55. The number of ether oxygens (including phenoxy) is 1. The molecule has 1 N–H and O–H groups in total. The molecule has 0 aliphatic carbocycles. The molecular formula is C17H19NO. The molecule has 19 heavy (non-hydrogen) atoms. The summed E-state index contributed by atoms with van der Waals surface area (Å²) in [6.07, 6.45) is 1.44. The molecule has 1 aliphatic heterocycles. The number of benzene rings is 2. The minimum Gasteiger partial charge on any atom is -0.364 e. The van der Waals surface area contributed by atoms with Crippen molar-refractivity contribution in [3.8, 4) is 0 Å². The van der Waals surface area contributed by atoms with Crippen molar-refractivity contribution >= 4 is 0 Å². The fourth-order valence-electron chi connectivity index (χ4n) is 2.54. The quantitative estimate of drug-likeness (QED) is 0.903. The summed E-state index contributed by atoms with van der Waals surface area (Å²) in [6.45, 7) is 2.01. The van der Waals surface area contributed by atoms with Crippen molar-refractivity contribution in [1.82, 2.24) is 5.32 Å². The molecule has 2 aromatic rings. The topological polar surface area (TPSA) is 21.3 Å². The molecule has 2 aromatic carbocycles. The molecule has 1 heterocycles. The second-order valence-electron chi connectivity index (χ2n) is 4.95. The van der Waals surface area contributed by atoms with E-state index >= 15 is 0 Å². The molecule has 0 radical (unpaired) electrons. The van der Waals surface area contributed by atoms with Crippen molar-refractivity contribution < 1.29 is 4.74 Å². The predicted molar refractivity (Wildman–Crippen MR) is 77.1 cm³/mol. The normalized spacial score (nSPS) is 18.9. The van der Waals surface area contributed by atoms with Crippen molar-refractivity contribution in [1.29, 1.82) is 0 Å². The number of hydrogen-bond acceptors (Lipinski definition) is 2. The molecule has 0 amide bonds. The molecular weight excluding hydrogens is 234 g/mol. The van der Waals surface area contributed by atoms with Crippen molar-refractivity contribution in [3.05, 3.63) is 71.8 Å². The van der Waals surface area contributed by atoms with E-state index < -0.39 is 0 Å². The van der Waals surface area contributed by atoms with E-state index in [2.05, 4.69) is 53.8 Å². The Morgan fingerprint density at radius 2 is 1.47 bits per heavy atom. The van der Waals surface area contributed by atoms with Gasteiger partial charge in [-0.15, -0.1) is 0 Å². The predicted octanol–water partition coefficient (Wildman–Crippen LogP) is 3.15. The van der Waals surface area contributed by atoms with Crippen LogP contribution in [0.25, 0.3) is 0 Å². The van der Waals surface area contributed by atoms with E-state index in [0.717, 1.165) is 19.5 Å². The van der Waals surface area contributed by atoms with E-state index in [-0.39, 0.29) is 6.10 Å². The van der Waals surface area contributed by atoms with Crippen LogP contribution < -0.4 is 5.32 Å². The Labute approximate surface area is 114 Å². The number of nitrogens with one attached hydrogen (secondary N) is 1. The van der Waals surface area contributed by atoms with E-state index in [0.29, 0.717) is 6.10 Å². The zero-order chi connectivity index (χ0) is 12.9. The Kier molecular flexibility index (Phi) is 3.92. The Morgan fingerprint density at radius 3 is 1.95 bits per heavy atom. The highest BCUT2D eigenvalue weighted by atomic mass is 16.5. The lowest BCUT2D eigenvalue weighted by Crippen LogP contribution is -2.20. The molecule has 0 aromatic heterocycles. The minimum absolute atomic E-state index is 0.0345. The second-order valence-corrected chi connectivity index (χ2v) is 4.95. The van der Waals surface area contributed by atoms with Crippen LogP contribution in [0.5, 0.6) is 0 Å². The highest BCUT2D eigenvalue weighted by Gasteiger charge is 2.22. The summed E-state index contributed by atoms with van der Waals surface area (Å²) >= 11 is 0. The van der Waals surface area contributed by atoms with Gasteiger partial charge >= 0.3 is 0 Å². The summed E-state index contributed by atoms with van der Waals surface area (Å²) in [4.78, 5) is 0. The molecule has 1 fully saturated rings. The Morgan fingerprint density at radius 1 is 0.895 bits per heavy atom. The molecule has 1 aliphatic rings. The summed E-state index contributed by atoms with van der Waals surface area (Å²) in [6, 6.07) is 20.9. The SMILES string of the molecule is c1ccc(C(OC2CCNC2)c2ccccc2)cc1. The van der Waals surface area contributed by atoms with Crippen LogP contribution in [0.2, 0.25) is 0 Å². The average molecular weight is 253 g/mol. The first-order valence-corrected chi connectivity index (χ1v) is 6.89. The summed E-state index contributed by atoms with van der Waals surface area (Å²) < 4.78 is 6.32. The molecule has 0 saturated carbocycles. The fraction of sp³-hybridized carbons (Fsp3) is 0.294. The molecule has 2 nitrogen and oxygen atoms in total. The van der Waals surface area contributed by atoms with Gasteiger partial charge in [-0.05, 0) is 24.1 Å². The van der Waals surface area contributed by atoms with Crippen molar-refractivity contribution in [2.24, 2.45) is 0 Å². The first-order chi connectivity index (χ1) is 9.43. The molecule has 1 unspecified atom stereocenters. The van der Waals surface area contributed by atoms with Crippen LogP contribution in [-0.2, 0) is 4.74 Å². The third kappa shape index (κ3) is 3.03. The van der Waals surface area contributed by atoms with Gasteiger partial charge in [-0.2, -0.15) is 0 Å². The van der Waals surface area contributed by atoms with Crippen LogP contribution in [0.1, 0.15) is 23.7 Å². The van der Waals surface area contributed by atoms with Crippen LogP contribution in [0.3, 0.4) is 0 Å². The summed E-state index contributed by atoms with van der Waals surface area (Å²) in [5, 5.41) is 3.36. The molecule has 3 rings (SSSR count).